The molecule has 0 unspecified atom stereocenters. The molecule has 0 aromatic rings. The first-order chi connectivity index (χ1) is 6.16. The zero-order valence-corrected chi connectivity index (χ0v) is 7.66. The maximum atomic E-state index is 11.3. The molecule has 0 amide bonds. The second-order valence-electron chi connectivity index (χ2n) is 3.23. The molecule has 4 heteroatoms. The monoisotopic (exact) mass is 186 g/mol. The van der Waals surface area contributed by atoms with Gasteiger partial charge < -0.3 is 9.84 Å². The Morgan fingerprint density at radius 3 is 2.54 bits per heavy atom. The first kappa shape index (κ1) is 10.0. The summed E-state index contributed by atoms with van der Waals surface area (Å²) in [6.07, 6.45) is 2.05. The maximum absolute atomic E-state index is 11.3. The van der Waals surface area contributed by atoms with Crippen molar-refractivity contribution in [2.75, 3.05) is 6.61 Å². The lowest BCUT2D eigenvalue weighted by atomic mass is 9.96. The number of aliphatic carboxylic acids is 1. The largest absolute Gasteiger partial charge is 0.481 e. The van der Waals surface area contributed by atoms with Gasteiger partial charge in [0.2, 0.25) is 0 Å². The van der Waals surface area contributed by atoms with Gasteiger partial charge in [0.1, 0.15) is 0 Å². The van der Waals surface area contributed by atoms with Crippen molar-refractivity contribution in [1.82, 2.24) is 0 Å². The van der Waals surface area contributed by atoms with Crippen molar-refractivity contribution in [3.05, 3.63) is 0 Å². The van der Waals surface area contributed by atoms with E-state index < -0.39 is 17.8 Å². The average Bonchev–Trinajstić information content (AvgIpc) is 2.52. The second kappa shape index (κ2) is 4.25. The lowest BCUT2D eigenvalue weighted by molar-refractivity contribution is -0.156. The summed E-state index contributed by atoms with van der Waals surface area (Å²) >= 11 is 0. The lowest BCUT2D eigenvalue weighted by Gasteiger charge is -2.13. The molecule has 0 saturated heterocycles. The minimum absolute atomic E-state index is 0.321. The Morgan fingerprint density at radius 2 is 2.00 bits per heavy atom. The maximum Gasteiger partial charge on any atom is 0.309 e. The van der Waals surface area contributed by atoms with Gasteiger partial charge in [0.05, 0.1) is 18.4 Å². The highest BCUT2D eigenvalue weighted by molar-refractivity contribution is 5.81. The average molecular weight is 186 g/mol. The van der Waals surface area contributed by atoms with Gasteiger partial charge in [0.15, 0.2) is 0 Å². The summed E-state index contributed by atoms with van der Waals surface area (Å²) in [5, 5.41) is 8.79. The fourth-order valence-electron chi connectivity index (χ4n) is 1.79. The van der Waals surface area contributed by atoms with E-state index in [0.29, 0.717) is 19.4 Å². The molecule has 1 N–H and O–H groups in total. The van der Waals surface area contributed by atoms with E-state index in [0.717, 1.165) is 6.42 Å². The molecule has 0 bridgehead atoms. The number of carbonyl (C=O) groups excluding carboxylic acids is 1. The molecule has 0 aliphatic heterocycles. The van der Waals surface area contributed by atoms with Crippen LogP contribution in [0.25, 0.3) is 0 Å². The fourth-order valence-corrected chi connectivity index (χ4v) is 1.79. The van der Waals surface area contributed by atoms with Gasteiger partial charge in [-0.25, -0.2) is 0 Å². The summed E-state index contributed by atoms with van der Waals surface area (Å²) in [6, 6.07) is 0. The smallest absolute Gasteiger partial charge is 0.309 e. The minimum Gasteiger partial charge on any atom is -0.481 e. The van der Waals surface area contributed by atoms with Gasteiger partial charge in [-0.15, -0.1) is 0 Å². The third-order valence-corrected chi connectivity index (χ3v) is 2.42. The third-order valence-electron chi connectivity index (χ3n) is 2.42. The van der Waals surface area contributed by atoms with E-state index in [1.54, 1.807) is 6.92 Å². The molecule has 0 aromatic heterocycles. The van der Waals surface area contributed by atoms with Crippen molar-refractivity contribution in [2.24, 2.45) is 11.8 Å². The summed E-state index contributed by atoms with van der Waals surface area (Å²) < 4.78 is 4.80. The number of hydrogen-bond donors (Lipinski definition) is 1. The Morgan fingerprint density at radius 1 is 1.38 bits per heavy atom. The lowest BCUT2D eigenvalue weighted by Crippen LogP contribution is -2.26. The number of hydrogen-bond acceptors (Lipinski definition) is 3. The fraction of sp³-hybridized carbons (Fsp3) is 0.778. The molecule has 1 saturated carbocycles. The standard InChI is InChI=1S/C9H14O4/c1-2-13-9(12)7-5-3-4-6(7)8(10)11/h6-7H,2-5H2,1H3,(H,10,11)/t6-,7-/m0/s1. The molecule has 0 aromatic carbocycles. The molecule has 1 rings (SSSR count). The van der Waals surface area contributed by atoms with Crippen LogP contribution in [0.1, 0.15) is 26.2 Å². The molecule has 1 aliphatic rings. The van der Waals surface area contributed by atoms with Crippen LogP contribution in [-0.4, -0.2) is 23.7 Å². The number of carboxylic acids is 1. The number of carboxylic acid groups (broad SMARTS) is 1. The number of esters is 1. The van der Waals surface area contributed by atoms with Crippen LogP contribution in [0.4, 0.5) is 0 Å². The predicted octanol–water partition coefficient (Wildman–Crippen LogP) is 1.05. The molecular weight excluding hydrogens is 172 g/mol. The second-order valence-corrected chi connectivity index (χ2v) is 3.23. The molecule has 0 spiro atoms. The summed E-state index contributed by atoms with van der Waals surface area (Å²) in [4.78, 5) is 22.0. The van der Waals surface area contributed by atoms with Gasteiger partial charge >= 0.3 is 11.9 Å². The van der Waals surface area contributed by atoms with Crippen molar-refractivity contribution < 1.29 is 19.4 Å². The van der Waals surface area contributed by atoms with E-state index in [2.05, 4.69) is 0 Å². The molecule has 74 valence electrons. The van der Waals surface area contributed by atoms with Crippen LogP contribution in [0.2, 0.25) is 0 Å². The van der Waals surface area contributed by atoms with Crippen LogP contribution in [0.3, 0.4) is 0 Å². The van der Waals surface area contributed by atoms with Gasteiger partial charge in [-0.2, -0.15) is 0 Å². The van der Waals surface area contributed by atoms with Gasteiger partial charge in [-0.05, 0) is 19.8 Å². The van der Waals surface area contributed by atoms with Gasteiger partial charge in [0, 0.05) is 0 Å². The van der Waals surface area contributed by atoms with Crippen LogP contribution in [0, 0.1) is 11.8 Å². The Bertz CT molecular complexity index is 212. The molecule has 13 heavy (non-hydrogen) atoms. The SMILES string of the molecule is CCOC(=O)[C@H]1CCC[C@@H]1C(=O)O. The summed E-state index contributed by atoms with van der Waals surface area (Å²) in [5.41, 5.74) is 0. The highest BCUT2D eigenvalue weighted by atomic mass is 16.5. The Kier molecular flexibility index (Phi) is 3.28. The number of ether oxygens (including phenoxy) is 1. The third kappa shape index (κ3) is 2.20. The van der Waals surface area contributed by atoms with Gasteiger partial charge in [-0.1, -0.05) is 6.42 Å². The Balaban J connectivity index is 2.57. The zero-order valence-electron chi connectivity index (χ0n) is 7.66. The van der Waals surface area contributed by atoms with Gasteiger partial charge in [0.25, 0.3) is 0 Å². The summed E-state index contributed by atoms with van der Waals surface area (Å²) in [5.74, 6) is -2.18. The zero-order chi connectivity index (χ0) is 9.84. The molecule has 4 nitrogen and oxygen atoms in total. The van der Waals surface area contributed by atoms with Crippen LogP contribution in [-0.2, 0) is 14.3 Å². The molecular formula is C9H14O4. The highest BCUT2D eigenvalue weighted by Crippen LogP contribution is 2.32. The van der Waals surface area contributed by atoms with Crippen molar-refractivity contribution >= 4 is 11.9 Å². The van der Waals surface area contributed by atoms with E-state index in [9.17, 15) is 9.59 Å². The van der Waals surface area contributed by atoms with Crippen molar-refractivity contribution in [3.63, 3.8) is 0 Å². The van der Waals surface area contributed by atoms with Gasteiger partial charge in [-0.3, -0.25) is 9.59 Å². The molecule has 0 heterocycles. The summed E-state index contributed by atoms with van der Waals surface area (Å²) in [6.45, 7) is 2.05. The minimum atomic E-state index is -0.879. The van der Waals surface area contributed by atoms with Crippen molar-refractivity contribution in [3.8, 4) is 0 Å². The van der Waals surface area contributed by atoms with Crippen molar-refractivity contribution in [1.29, 1.82) is 0 Å². The van der Waals surface area contributed by atoms with Crippen LogP contribution < -0.4 is 0 Å². The number of rotatable bonds is 3. The van der Waals surface area contributed by atoms with E-state index in [-0.39, 0.29) is 5.97 Å². The van der Waals surface area contributed by atoms with Crippen LogP contribution >= 0.6 is 0 Å². The number of carbonyl (C=O) groups is 2. The quantitative estimate of drug-likeness (QED) is 0.669. The van der Waals surface area contributed by atoms with E-state index >= 15 is 0 Å². The highest BCUT2D eigenvalue weighted by Gasteiger charge is 2.38. The Labute approximate surface area is 76.9 Å². The predicted molar refractivity (Wildman–Crippen MR) is 45.1 cm³/mol. The van der Waals surface area contributed by atoms with E-state index in [4.69, 9.17) is 9.84 Å². The topological polar surface area (TPSA) is 63.6 Å². The first-order valence-electron chi connectivity index (χ1n) is 4.56. The Hall–Kier alpha value is -1.06. The van der Waals surface area contributed by atoms with Crippen LogP contribution in [0.15, 0.2) is 0 Å². The molecule has 0 radical (unpaired) electrons. The normalized spacial score (nSPS) is 27.2. The molecule has 1 fully saturated rings. The molecule has 2 atom stereocenters. The first-order valence-corrected chi connectivity index (χ1v) is 4.56. The van der Waals surface area contributed by atoms with Crippen LogP contribution in [0.5, 0.6) is 0 Å². The summed E-state index contributed by atoms with van der Waals surface area (Å²) in [7, 11) is 0. The van der Waals surface area contributed by atoms with Crippen molar-refractivity contribution in [2.45, 2.75) is 26.2 Å². The molecule has 1 aliphatic carbocycles. The van der Waals surface area contributed by atoms with E-state index in [1.807, 2.05) is 0 Å². The van der Waals surface area contributed by atoms with E-state index in [1.165, 1.54) is 0 Å².